The minimum atomic E-state index is -3.32. The van der Waals surface area contributed by atoms with Crippen LogP contribution in [0.1, 0.15) is 62.4 Å². The summed E-state index contributed by atoms with van der Waals surface area (Å²) in [6.45, 7) is 2.13. The third-order valence-electron chi connectivity index (χ3n) is 5.08. The van der Waals surface area contributed by atoms with Crippen molar-refractivity contribution in [1.29, 1.82) is 0 Å². The zero-order valence-corrected chi connectivity index (χ0v) is 17.2. The Morgan fingerprint density at radius 3 is 2.41 bits per heavy atom. The van der Waals surface area contributed by atoms with Crippen LogP contribution in [0, 0.1) is 5.92 Å². The number of benzene rings is 1. The van der Waals surface area contributed by atoms with Crippen LogP contribution in [-0.2, 0) is 4.57 Å². The molecular weight excluding hydrogens is 360 g/mol. The monoisotopic (exact) mass is 391 g/mol. The molecule has 1 aromatic rings. The standard InChI is InChI=1S/C19H30NO5P.Li.H/c1-14(16-7-9-17(10-8-16)19(22)23)20-11-18(21)13-26(24,25)12-15-5-3-2-4-6-15;;/h7-10,14-15,18,20-21H,2-6,11-13H2,1H3,(H,22,23)(H,24,25);;/q;+1;-1/t14-,18-;;/m1../s1. The van der Waals surface area contributed by atoms with E-state index in [-0.39, 0.29) is 44.6 Å². The van der Waals surface area contributed by atoms with Crippen LogP contribution in [0.2, 0.25) is 0 Å². The molecule has 3 atom stereocenters. The van der Waals surface area contributed by atoms with Crippen LogP contribution in [0.5, 0.6) is 0 Å². The second-order valence-corrected chi connectivity index (χ2v) is 9.85. The van der Waals surface area contributed by atoms with E-state index in [1.807, 2.05) is 6.92 Å². The molecule has 1 aliphatic carbocycles. The summed E-state index contributed by atoms with van der Waals surface area (Å²) in [5, 5.41) is 22.2. The van der Waals surface area contributed by atoms with E-state index in [0.29, 0.717) is 12.1 Å². The molecule has 1 aliphatic rings. The van der Waals surface area contributed by atoms with Crippen molar-refractivity contribution in [2.75, 3.05) is 18.9 Å². The van der Waals surface area contributed by atoms with E-state index >= 15 is 0 Å². The molecule has 0 amide bonds. The number of aliphatic hydroxyl groups excluding tert-OH is 1. The van der Waals surface area contributed by atoms with Gasteiger partial charge in [0.25, 0.3) is 0 Å². The number of nitrogens with one attached hydrogen (secondary N) is 1. The summed E-state index contributed by atoms with van der Waals surface area (Å²) in [5.41, 5.74) is 1.13. The zero-order chi connectivity index (χ0) is 19.2. The minimum absolute atomic E-state index is 0. The number of hydrogen-bond acceptors (Lipinski definition) is 4. The van der Waals surface area contributed by atoms with Gasteiger partial charge in [0.05, 0.1) is 17.8 Å². The van der Waals surface area contributed by atoms with Crippen molar-refractivity contribution in [1.82, 2.24) is 5.32 Å². The maximum absolute atomic E-state index is 12.4. The molecule has 27 heavy (non-hydrogen) atoms. The molecule has 148 valence electrons. The van der Waals surface area contributed by atoms with Crippen molar-refractivity contribution in [3.05, 3.63) is 35.4 Å². The predicted molar refractivity (Wildman–Crippen MR) is 103 cm³/mol. The van der Waals surface area contributed by atoms with Crippen LogP contribution < -0.4 is 24.2 Å². The number of carboxylic acids is 1. The van der Waals surface area contributed by atoms with Crippen LogP contribution in [0.25, 0.3) is 0 Å². The van der Waals surface area contributed by atoms with Crippen molar-refractivity contribution in [3.63, 3.8) is 0 Å². The number of aromatic carboxylic acids is 1. The van der Waals surface area contributed by atoms with E-state index in [2.05, 4.69) is 5.32 Å². The molecule has 4 N–H and O–H groups in total. The molecule has 8 heteroatoms. The van der Waals surface area contributed by atoms with Crippen molar-refractivity contribution < 1.29 is 44.8 Å². The van der Waals surface area contributed by atoms with Gasteiger partial charge >= 0.3 is 24.8 Å². The van der Waals surface area contributed by atoms with E-state index in [1.165, 1.54) is 6.42 Å². The summed E-state index contributed by atoms with van der Waals surface area (Å²) in [6, 6.07) is 6.45. The summed E-state index contributed by atoms with van der Waals surface area (Å²) in [7, 11) is -3.32. The van der Waals surface area contributed by atoms with Crippen LogP contribution in [0.15, 0.2) is 24.3 Å². The molecule has 1 aromatic carbocycles. The third kappa shape index (κ3) is 8.52. The Morgan fingerprint density at radius 1 is 1.26 bits per heavy atom. The Kier molecular flexibility index (Phi) is 10.3. The van der Waals surface area contributed by atoms with Gasteiger partial charge in [-0.05, 0) is 43.4 Å². The van der Waals surface area contributed by atoms with Crippen LogP contribution in [-0.4, -0.2) is 46.0 Å². The zero-order valence-electron chi connectivity index (χ0n) is 17.3. The van der Waals surface area contributed by atoms with Crippen molar-refractivity contribution >= 4 is 13.3 Å². The summed E-state index contributed by atoms with van der Waals surface area (Å²) in [5.74, 6) is -0.657. The van der Waals surface area contributed by atoms with Gasteiger partial charge in [-0.25, -0.2) is 4.79 Å². The third-order valence-corrected chi connectivity index (χ3v) is 7.16. The molecular formula is C19H31LiNO5P. The number of carbonyl (C=O) groups is 1. The molecule has 0 radical (unpaired) electrons. The fraction of sp³-hybridized carbons (Fsp3) is 0.632. The molecule has 0 heterocycles. The van der Waals surface area contributed by atoms with Crippen LogP contribution >= 0.6 is 7.37 Å². The maximum Gasteiger partial charge on any atom is 1.00 e. The minimum Gasteiger partial charge on any atom is -1.00 e. The van der Waals surface area contributed by atoms with Crippen molar-refractivity contribution in [2.24, 2.45) is 5.92 Å². The molecule has 1 unspecified atom stereocenters. The second kappa shape index (κ2) is 11.4. The van der Waals surface area contributed by atoms with Gasteiger partial charge in [0.15, 0.2) is 0 Å². The van der Waals surface area contributed by atoms with Crippen LogP contribution in [0.3, 0.4) is 0 Å². The Bertz CT molecular complexity index is 640. The van der Waals surface area contributed by atoms with Gasteiger partial charge in [0.1, 0.15) is 0 Å². The number of carboxylic acid groups (broad SMARTS) is 1. The molecule has 1 fully saturated rings. The number of rotatable bonds is 9. The Labute approximate surface area is 174 Å². The first-order valence-electron chi connectivity index (χ1n) is 9.32. The van der Waals surface area contributed by atoms with E-state index in [0.717, 1.165) is 31.2 Å². The van der Waals surface area contributed by atoms with Gasteiger partial charge < -0.3 is 21.8 Å². The first kappa shape index (κ1) is 24.4. The quantitative estimate of drug-likeness (QED) is 0.358. The van der Waals surface area contributed by atoms with Gasteiger partial charge in [-0.15, -0.1) is 0 Å². The van der Waals surface area contributed by atoms with E-state index in [4.69, 9.17) is 5.11 Å². The first-order valence-corrected chi connectivity index (χ1v) is 11.4. The maximum atomic E-state index is 12.4. The SMILES string of the molecule is C[C@@H](NC[C@@H](O)CP(=O)(O)CC1CCCCC1)c1ccc(C(=O)O)cc1.[H-].[Li+]. The Hall–Kier alpha value is -0.603. The Morgan fingerprint density at radius 2 is 1.85 bits per heavy atom. The second-order valence-electron chi connectivity index (χ2n) is 7.43. The molecule has 0 aromatic heterocycles. The first-order chi connectivity index (χ1) is 12.3. The molecule has 6 nitrogen and oxygen atoms in total. The average Bonchev–Trinajstić information content (AvgIpc) is 2.59. The summed E-state index contributed by atoms with van der Waals surface area (Å²) in [6.07, 6.45) is 4.86. The largest absolute Gasteiger partial charge is 1.00 e. The van der Waals surface area contributed by atoms with Gasteiger partial charge in [-0.2, -0.15) is 0 Å². The topological polar surface area (TPSA) is 107 Å². The fourth-order valence-electron chi connectivity index (χ4n) is 3.59. The van der Waals surface area contributed by atoms with Gasteiger partial charge in [0.2, 0.25) is 7.37 Å². The molecule has 0 saturated heterocycles. The van der Waals surface area contributed by atoms with Gasteiger partial charge in [-0.1, -0.05) is 31.4 Å². The smallest absolute Gasteiger partial charge is 1.00 e. The molecule has 0 aliphatic heterocycles. The van der Waals surface area contributed by atoms with Crippen LogP contribution in [0.4, 0.5) is 0 Å². The van der Waals surface area contributed by atoms with E-state index in [9.17, 15) is 19.4 Å². The molecule has 0 spiro atoms. The predicted octanol–water partition coefficient (Wildman–Crippen LogP) is 0.364. The number of hydrogen-bond donors (Lipinski definition) is 4. The molecule has 0 bridgehead atoms. The summed E-state index contributed by atoms with van der Waals surface area (Å²) in [4.78, 5) is 21.1. The van der Waals surface area contributed by atoms with Gasteiger partial charge in [-0.3, -0.25) is 4.57 Å². The van der Waals surface area contributed by atoms with Crippen molar-refractivity contribution in [3.8, 4) is 0 Å². The average molecular weight is 391 g/mol. The fourth-order valence-corrected chi connectivity index (χ4v) is 5.70. The van der Waals surface area contributed by atoms with E-state index in [1.54, 1.807) is 24.3 Å². The summed E-state index contributed by atoms with van der Waals surface area (Å²) < 4.78 is 12.4. The molecule has 2 rings (SSSR count). The van der Waals surface area contributed by atoms with E-state index < -0.39 is 19.4 Å². The number of aliphatic hydroxyl groups is 1. The van der Waals surface area contributed by atoms with Crippen molar-refractivity contribution in [2.45, 2.75) is 51.2 Å². The normalized spacial score (nSPS) is 19.5. The summed E-state index contributed by atoms with van der Waals surface area (Å²) >= 11 is 0. The molecule has 1 saturated carbocycles. The van der Waals surface area contributed by atoms with Gasteiger partial charge in [0, 0.05) is 18.7 Å². The Balaban J connectivity index is 0.00000364.